The minimum Gasteiger partial charge on any atom is -0.496 e. The van der Waals surface area contributed by atoms with Gasteiger partial charge in [0.05, 0.1) is 7.11 Å². The van der Waals surface area contributed by atoms with Gasteiger partial charge in [-0.2, -0.15) is 0 Å². The molecule has 0 aliphatic rings. The average Bonchev–Trinajstić information content (AvgIpc) is 2.34. The zero-order valence-electron chi connectivity index (χ0n) is 11.3. The standard InChI is InChI=1S/C15H23NO/c1-5-16-10-6-7-13(3)14-11-12(2)8-9-15(14)17-4/h7-9,11,16H,5-6,10H2,1-4H3. The first-order chi connectivity index (χ1) is 8.19. The van der Waals surface area contributed by atoms with E-state index in [0.29, 0.717) is 0 Å². The monoisotopic (exact) mass is 233 g/mol. The minimum atomic E-state index is 0.952. The van der Waals surface area contributed by atoms with Crippen molar-refractivity contribution in [1.29, 1.82) is 0 Å². The van der Waals surface area contributed by atoms with E-state index in [1.165, 1.54) is 16.7 Å². The largest absolute Gasteiger partial charge is 0.496 e. The average molecular weight is 233 g/mol. The van der Waals surface area contributed by atoms with Gasteiger partial charge in [-0.1, -0.05) is 24.6 Å². The fourth-order valence-electron chi connectivity index (χ4n) is 1.81. The van der Waals surface area contributed by atoms with Gasteiger partial charge in [-0.3, -0.25) is 0 Å². The molecule has 0 radical (unpaired) electrons. The first kappa shape index (κ1) is 13.8. The normalized spacial score (nSPS) is 11.6. The lowest BCUT2D eigenvalue weighted by atomic mass is 10.0. The molecule has 0 amide bonds. The van der Waals surface area contributed by atoms with E-state index in [-0.39, 0.29) is 0 Å². The first-order valence-corrected chi connectivity index (χ1v) is 6.21. The lowest BCUT2D eigenvalue weighted by molar-refractivity contribution is 0.413. The molecule has 0 aliphatic carbocycles. The minimum absolute atomic E-state index is 0.952. The van der Waals surface area contributed by atoms with E-state index in [2.05, 4.69) is 44.3 Å². The molecule has 0 spiro atoms. The molecule has 0 atom stereocenters. The third-order valence-electron chi connectivity index (χ3n) is 2.80. The zero-order chi connectivity index (χ0) is 12.7. The number of allylic oxidation sites excluding steroid dienone is 1. The van der Waals surface area contributed by atoms with Crippen LogP contribution in [0.4, 0.5) is 0 Å². The number of benzene rings is 1. The van der Waals surface area contributed by atoms with Gasteiger partial charge in [0, 0.05) is 5.56 Å². The summed E-state index contributed by atoms with van der Waals surface area (Å²) in [7, 11) is 1.72. The van der Waals surface area contributed by atoms with Crippen LogP contribution < -0.4 is 10.1 Å². The highest BCUT2D eigenvalue weighted by molar-refractivity contribution is 5.69. The van der Waals surface area contributed by atoms with Crippen molar-refractivity contribution in [2.45, 2.75) is 27.2 Å². The van der Waals surface area contributed by atoms with Crippen LogP contribution in [0.1, 0.15) is 31.4 Å². The van der Waals surface area contributed by atoms with Gasteiger partial charge in [0.1, 0.15) is 5.75 Å². The van der Waals surface area contributed by atoms with Crippen molar-refractivity contribution in [2.24, 2.45) is 0 Å². The third kappa shape index (κ3) is 4.23. The smallest absolute Gasteiger partial charge is 0.126 e. The van der Waals surface area contributed by atoms with E-state index in [4.69, 9.17) is 4.74 Å². The summed E-state index contributed by atoms with van der Waals surface area (Å²) < 4.78 is 5.39. The Balaban J connectivity index is 2.79. The molecule has 0 saturated heterocycles. The molecule has 1 aromatic carbocycles. The molecule has 0 bridgehead atoms. The predicted molar refractivity (Wildman–Crippen MR) is 74.5 cm³/mol. The number of methoxy groups -OCH3 is 1. The summed E-state index contributed by atoms with van der Waals surface area (Å²) in [5.74, 6) is 0.952. The lowest BCUT2D eigenvalue weighted by Crippen LogP contribution is -2.13. The van der Waals surface area contributed by atoms with Crippen molar-refractivity contribution in [2.75, 3.05) is 20.2 Å². The van der Waals surface area contributed by atoms with Crippen LogP contribution in [-0.2, 0) is 0 Å². The predicted octanol–water partition coefficient (Wildman–Crippen LogP) is 3.41. The SMILES string of the molecule is CCNCCC=C(C)c1cc(C)ccc1OC. The maximum Gasteiger partial charge on any atom is 0.126 e. The van der Waals surface area contributed by atoms with Crippen LogP contribution in [-0.4, -0.2) is 20.2 Å². The van der Waals surface area contributed by atoms with Gasteiger partial charge in [0.15, 0.2) is 0 Å². The molecule has 0 aromatic heterocycles. The van der Waals surface area contributed by atoms with Crippen molar-refractivity contribution in [3.8, 4) is 5.75 Å². The summed E-state index contributed by atoms with van der Waals surface area (Å²) in [5, 5.41) is 3.32. The number of ether oxygens (including phenoxy) is 1. The van der Waals surface area contributed by atoms with Crippen LogP contribution in [0.15, 0.2) is 24.3 Å². The second kappa shape index (κ2) is 7.13. The Labute approximate surface area is 105 Å². The van der Waals surface area contributed by atoms with Crippen LogP contribution in [0.2, 0.25) is 0 Å². The second-order valence-corrected chi connectivity index (χ2v) is 4.23. The molecule has 1 N–H and O–H groups in total. The summed E-state index contributed by atoms with van der Waals surface area (Å²) in [6, 6.07) is 6.29. The van der Waals surface area contributed by atoms with Crippen molar-refractivity contribution in [3.05, 3.63) is 35.4 Å². The van der Waals surface area contributed by atoms with E-state index in [1.807, 2.05) is 6.07 Å². The Morgan fingerprint density at radius 2 is 2.18 bits per heavy atom. The summed E-state index contributed by atoms with van der Waals surface area (Å²) in [6.07, 6.45) is 3.32. The first-order valence-electron chi connectivity index (χ1n) is 6.21. The molecule has 0 fully saturated rings. The molecule has 0 heterocycles. The van der Waals surface area contributed by atoms with Crippen LogP contribution in [0.5, 0.6) is 5.75 Å². The topological polar surface area (TPSA) is 21.3 Å². The Morgan fingerprint density at radius 1 is 1.41 bits per heavy atom. The van der Waals surface area contributed by atoms with Gasteiger partial charge < -0.3 is 10.1 Å². The molecule has 17 heavy (non-hydrogen) atoms. The number of hydrogen-bond donors (Lipinski definition) is 1. The number of rotatable bonds is 6. The molecule has 0 aliphatic heterocycles. The van der Waals surface area contributed by atoms with Gasteiger partial charge in [-0.15, -0.1) is 0 Å². The fraction of sp³-hybridized carbons (Fsp3) is 0.467. The molecule has 1 aromatic rings. The van der Waals surface area contributed by atoms with Gasteiger partial charge in [0.25, 0.3) is 0 Å². The van der Waals surface area contributed by atoms with E-state index >= 15 is 0 Å². The van der Waals surface area contributed by atoms with Crippen LogP contribution >= 0.6 is 0 Å². The van der Waals surface area contributed by atoms with Crippen molar-refractivity contribution >= 4 is 5.57 Å². The molecule has 0 saturated carbocycles. The van der Waals surface area contributed by atoms with Crippen molar-refractivity contribution in [1.82, 2.24) is 5.32 Å². The molecule has 94 valence electrons. The Bertz CT molecular complexity index is 383. The maximum absolute atomic E-state index is 5.39. The lowest BCUT2D eigenvalue weighted by Gasteiger charge is -2.10. The van der Waals surface area contributed by atoms with Crippen molar-refractivity contribution < 1.29 is 4.74 Å². The van der Waals surface area contributed by atoms with E-state index < -0.39 is 0 Å². The Morgan fingerprint density at radius 3 is 2.82 bits per heavy atom. The van der Waals surface area contributed by atoms with Gasteiger partial charge in [-0.05, 0) is 51.1 Å². The Hall–Kier alpha value is -1.28. The summed E-state index contributed by atoms with van der Waals surface area (Å²) >= 11 is 0. The Kier molecular flexibility index (Phi) is 5.78. The highest BCUT2D eigenvalue weighted by Crippen LogP contribution is 2.26. The second-order valence-electron chi connectivity index (χ2n) is 4.23. The van der Waals surface area contributed by atoms with Gasteiger partial charge in [0.2, 0.25) is 0 Å². The zero-order valence-corrected chi connectivity index (χ0v) is 11.3. The van der Waals surface area contributed by atoms with Crippen LogP contribution in [0.25, 0.3) is 5.57 Å². The highest BCUT2D eigenvalue weighted by Gasteiger charge is 2.04. The fourth-order valence-corrected chi connectivity index (χ4v) is 1.81. The summed E-state index contributed by atoms with van der Waals surface area (Å²) in [5.41, 5.74) is 3.74. The molecule has 2 heteroatoms. The van der Waals surface area contributed by atoms with Crippen molar-refractivity contribution in [3.63, 3.8) is 0 Å². The molecule has 1 rings (SSSR count). The van der Waals surface area contributed by atoms with E-state index in [1.54, 1.807) is 7.11 Å². The summed E-state index contributed by atoms with van der Waals surface area (Å²) in [6.45, 7) is 8.43. The molecular formula is C15H23NO. The van der Waals surface area contributed by atoms with Gasteiger partial charge >= 0.3 is 0 Å². The molecule has 2 nitrogen and oxygen atoms in total. The van der Waals surface area contributed by atoms with Gasteiger partial charge in [-0.25, -0.2) is 0 Å². The number of aryl methyl sites for hydroxylation is 1. The van der Waals surface area contributed by atoms with E-state index in [9.17, 15) is 0 Å². The van der Waals surface area contributed by atoms with Crippen LogP contribution in [0, 0.1) is 6.92 Å². The van der Waals surface area contributed by atoms with E-state index in [0.717, 1.165) is 25.3 Å². The quantitative estimate of drug-likeness (QED) is 0.760. The molecular weight excluding hydrogens is 210 g/mol. The highest BCUT2D eigenvalue weighted by atomic mass is 16.5. The number of nitrogens with one attached hydrogen (secondary N) is 1. The molecule has 0 unspecified atom stereocenters. The summed E-state index contributed by atoms with van der Waals surface area (Å²) in [4.78, 5) is 0. The van der Waals surface area contributed by atoms with Crippen LogP contribution in [0.3, 0.4) is 0 Å². The maximum atomic E-state index is 5.39. The third-order valence-corrected chi connectivity index (χ3v) is 2.80. The number of hydrogen-bond acceptors (Lipinski definition) is 2.